The third-order valence-corrected chi connectivity index (χ3v) is 4.44. The van der Waals surface area contributed by atoms with E-state index in [2.05, 4.69) is 38.1 Å². The molecule has 1 heterocycles. The van der Waals surface area contributed by atoms with E-state index in [-0.39, 0.29) is 0 Å². The Balaban J connectivity index is 1.68. The SMILES string of the molecule is CC[C@@H](C)c1ccccc1OCCCC[NH+]1CCOCC1. The van der Waals surface area contributed by atoms with Crippen LogP contribution in [0, 0.1) is 0 Å². The Morgan fingerprint density at radius 3 is 2.71 bits per heavy atom. The van der Waals surface area contributed by atoms with Gasteiger partial charge in [0.25, 0.3) is 0 Å². The Morgan fingerprint density at radius 1 is 1.19 bits per heavy atom. The molecule has 3 nitrogen and oxygen atoms in total. The number of hydrogen-bond acceptors (Lipinski definition) is 2. The van der Waals surface area contributed by atoms with Crippen LogP contribution < -0.4 is 9.64 Å². The van der Waals surface area contributed by atoms with Gasteiger partial charge in [-0.1, -0.05) is 32.0 Å². The average Bonchev–Trinajstić information content (AvgIpc) is 2.55. The maximum atomic E-state index is 6.02. The van der Waals surface area contributed by atoms with Crippen molar-refractivity contribution in [3.8, 4) is 5.75 Å². The molecule has 21 heavy (non-hydrogen) atoms. The van der Waals surface area contributed by atoms with Gasteiger partial charge in [0.05, 0.1) is 26.4 Å². The van der Waals surface area contributed by atoms with Gasteiger partial charge in [0.2, 0.25) is 0 Å². The van der Waals surface area contributed by atoms with Crippen molar-refractivity contribution in [1.82, 2.24) is 0 Å². The monoisotopic (exact) mass is 292 g/mol. The minimum absolute atomic E-state index is 0.569. The summed E-state index contributed by atoms with van der Waals surface area (Å²) >= 11 is 0. The molecular weight excluding hydrogens is 262 g/mol. The third-order valence-electron chi connectivity index (χ3n) is 4.44. The third kappa shape index (κ3) is 5.33. The zero-order valence-electron chi connectivity index (χ0n) is 13.6. The Labute approximate surface area is 129 Å². The van der Waals surface area contributed by atoms with E-state index in [9.17, 15) is 0 Å². The van der Waals surface area contributed by atoms with E-state index in [0.29, 0.717) is 5.92 Å². The van der Waals surface area contributed by atoms with E-state index in [1.165, 1.54) is 18.5 Å². The number of nitrogens with one attached hydrogen (secondary N) is 1. The molecular formula is C18H30NO2+. The largest absolute Gasteiger partial charge is 0.493 e. The molecule has 1 aliphatic heterocycles. The second-order valence-corrected chi connectivity index (χ2v) is 6.02. The number of ether oxygens (including phenoxy) is 2. The van der Waals surface area contributed by atoms with E-state index in [1.54, 1.807) is 4.90 Å². The molecule has 0 saturated carbocycles. The summed E-state index contributed by atoms with van der Waals surface area (Å²) in [6.45, 7) is 10.8. The second kappa shape index (κ2) is 9.06. The Hall–Kier alpha value is -1.06. The van der Waals surface area contributed by atoms with Gasteiger partial charge in [-0.3, -0.25) is 0 Å². The maximum absolute atomic E-state index is 6.02. The van der Waals surface area contributed by atoms with E-state index in [0.717, 1.165) is 51.5 Å². The fraction of sp³-hybridized carbons (Fsp3) is 0.667. The zero-order chi connectivity index (χ0) is 14.9. The molecule has 0 spiro atoms. The van der Waals surface area contributed by atoms with Crippen LogP contribution in [0.2, 0.25) is 0 Å². The lowest BCUT2D eigenvalue weighted by Gasteiger charge is -2.23. The van der Waals surface area contributed by atoms with Gasteiger partial charge in [0.15, 0.2) is 0 Å². The smallest absolute Gasteiger partial charge is 0.122 e. The summed E-state index contributed by atoms with van der Waals surface area (Å²) in [6.07, 6.45) is 3.53. The minimum Gasteiger partial charge on any atom is -0.493 e. The van der Waals surface area contributed by atoms with E-state index in [4.69, 9.17) is 9.47 Å². The van der Waals surface area contributed by atoms with Crippen molar-refractivity contribution in [2.45, 2.75) is 39.0 Å². The molecule has 118 valence electrons. The summed E-state index contributed by atoms with van der Waals surface area (Å²) in [4.78, 5) is 1.68. The number of para-hydroxylation sites is 1. The van der Waals surface area contributed by atoms with E-state index in [1.807, 2.05) is 0 Å². The highest BCUT2D eigenvalue weighted by molar-refractivity contribution is 5.35. The Kier molecular flexibility index (Phi) is 7.04. The van der Waals surface area contributed by atoms with Crippen LogP contribution in [0.3, 0.4) is 0 Å². The maximum Gasteiger partial charge on any atom is 0.122 e. The van der Waals surface area contributed by atoms with Crippen LogP contribution in [-0.4, -0.2) is 39.5 Å². The summed E-state index contributed by atoms with van der Waals surface area (Å²) in [5, 5.41) is 0. The van der Waals surface area contributed by atoms with Gasteiger partial charge in [-0.25, -0.2) is 0 Å². The molecule has 1 N–H and O–H groups in total. The fourth-order valence-electron chi connectivity index (χ4n) is 2.81. The first-order valence-corrected chi connectivity index (χ1v) is 8.44. The van der Waals surface area contributed by atoms with E-state index < -0.39 is 0 Å². The summed E-state index contributed by atoms with van der Waals surface area (Å²) in [6, 6.07) is 8.48. The normalized spacial score (nSPS) is 17.6. The first-order valence-electron chi connectivity index (χ1n) is 8.44. The highest BCUT2D eigenvalue weighted by atomic mass is 16.5. The van der Waals surface area contributed by atoms with Gasteiger partial charge in [-0.15, -0.1) is 0 Å². The number of unbranched alkanes of at least 4 members (excludes halogenated alkanes) is 1. The number of hydrogen-bond donors (Lipinski definition) is 1. The van der Waals surface area contributed by atoms with Crippen LogP contribution in [0.1, 0.15) is 44.6 Å². The molecule has 0 aromatic heterocycles. The molecule has 1 aromatic carbocycles. The summed E-state index contributed by atoms with van der Waals surface area (Å²) in [7, 11) is 0. The van der Waals surface area contributed by atoms with Crippen molar-refractivity contribution < 1.29 is 14.4 Å². The Bertz CT molecular complexity index is 402. The van der Waals surface area contributed by atoms with Gasteiger partial charge in [0, 0.05) is 0 Å². The van der Waals surface area contributed by atoms with Crippen LogP contribution >= 0.6 is 0 Å². The molecule has 0 radical (unpaired) electrons. The molecule has 1 atom stereocenters. The quantitative estimate of drug-likeness (QED) is 0.743. The predicted molar refractivity (Wildman–Crippen MR) is 86.3 cm³/mol. The topological polar surface area (TPSA) is 22.9 Å². The molecule has 0 amide bonds. The fourth-order valence-corrected chi connectivity index (χ4v) is 2.81. The lowest BCUT2D eigenvalue weighted by Crippen LogP contribution is -3.14. The minimum atomic E-state index is 0.569. The number of rotatable bonds is 8. The Morgan fingerprint density at radius 2 is 1.95 bits per heavy atom. The first kappa shape index (κ1) is 16.3. The molecule has 3 heteroatoms. The van der Waals surface area contributed by atoms with Crippen molar-refractivity contribution in [1.29, 1.82) is 0 Å². The predicted octanol–water partition coefficient (Wildman–Crippen LogP) is 2.27. The lowest BCUT2D eigenvalue weighted by atomic mass is 9.98. The molecule has 1 saturated heterocycles. The van der Waals surface area contributed by atoms with Crippen molar-refractivity contribution in [2.75, 3.05) is 39.5 Å². The van der Waals surface area contributed by atoms with Gasteiger partial charge >= 0.3 is 0 Å². The summed E-state index contributed by atoms with van der Waals surface area (Å²) in [5.41, 5.74) is 1.35. The average molecular weight is 292 g/mol. The van der Waals surface area contributed by atoms with Crippen LogP contribution in [-0.2, 0) is 4.74 Å². The van der Waals surface area contributed by atoms with E-state index >= 15 is 0 Å². The molecule has 0 aliphatic carbocycles. The van der Waals surface area contributed by atoms with Gasteiger partial charge in [-0.2, -0.15) is 0 Å². The molecule has 0 bridgehead atoms. The standard InChI is InChI=1S/C18H29NO2/c1-3-16(2)17-8-4-5-9-18(17)21-13-7-6-10-19-11-14-20-15-12-19/h4-5,8-9,16H,3,6-7,10-15H2,1-2H3/p+1/t16-/m1/s1. The molecule has 1 fully saturated rings. The molecule has 1 aliphatic rings. The van der Waals surface area contributed by atoms with Crippen LogP contribution in [0.15, 0.2) is 24.3 Å². The summed E-state index contributed by atoms with van der Waals surface area (Å²) < 4.78 is 11.4. The zero-order valence-corrected chi connectivity index (χ0v) is 13.6. The molecule has 0 unspecified atom stereocenters. The highest BCUT2D eigenvalue weighted by Crippen LogP contribution is 2.28. The second-order valence-electron chi connectivity index (χ2n) is 6.02. The molecule has 1 aromatic rings. The van der Waals surface area contributed by atoms with Crippen molar-refractivity contribution in [2.24, 2.45) is 0 Å². The number of morpholine rings is 1. The van der Waals surface area contributed by atoms with Gasteiger partial charge < -0.3 is 14.4 Å². The van der Waals surface area contributed by atoms with Crippen LogP contribution in [0.4, 0.5) is 0 Å². The van der Waals surface area contributed by atoms with Crippen molar-refractivity contribution >= 4 is 0 Å². The summed E-state index contributed by atoms with van der Waals surface area (Å²) in [5.74, 6) is 1.64. The van der Waals surface area contributed by atoms with Crippen LogP contribution in [0.25, 0.3) is 0 Å². The van der Waals surface area contributed by atoms with Crippen molar-refractivity contribution in [3.63, 3.8) is 0 Å². The lowest BCUT2D eigenvalue weighted by molar-refractivity contribution is -0.908. The number of benzene rings is 1. The van der Waals surface area contributed by atoms with Gasteiger partial charge in [0.1, 0.15) is 18.8 Å². The van der Waals surface area contributed by atoms with Crippen molar-refractivity contribution in [3.05, 3.63) is 29.8 Å². The van der Waals surface area contributed by atoms with Gasteiger partial charge in [-0.05, 0) is 36.8 Å². The van der Waals surface area contributed by atoms with Crippen LogP contribution in [0.5, 0.6) is 5.75 Å². The molecule has 2 rings (SSSR count). The first-order chi connectivity index (χ1) is 10.3. The number of quaternary nitrogens is 1. The highest BCUT2D eigenvalue weighted by Gasteiger charge is 2.13.